The fourth-order valence-corrected chi connectivity index (χ4v) is 2.99. The summed E-state index contributed by atoms with van der Waals surface area (Å²) in [5.74, 6) is 0.533. The summed E-state index contributed by atoms with van der Waals surface area (Å²) in [7, 11) is -2.20. The van der Waals surface area contributed by atoms with Crippen LogP contribution in [0.25, 0.3) is 0 Å². The van der Waals surface area contributed by atoms with E-state index in [4.69, 9.17) is 4.42 Å². The molecule has 7 heteroatoms. The molecule has 2 N–H and O–H groups in total. The molecule has 0 radical (unpaired) electrons. The van der Waals surface area contributed by atoms with Crippen molar-refractivity contribution in [2.75, 3.05) is 12.4 Å². The molecule has 0 saturated heterocycles. The van der Waals surface area contributed by atoms with Crippen LogP contribution in [0.5, 0.6) is 0 Å². The van der Waals surface area contributed by atoms with Crippen LogP contribution in [-0.4, -0.2) is 21.4 Å². The van der Waals surface area contributed by atoms with Crippen LogP contribution in [0, 0.1) is 6.92 Å². The van der Waals surface area contributed by atoms with Gasteiger partial charge >= 0.3 is 0 Å². The van der Waals surface area contributed by atoms with Crippen LogP contribution in [0.3, 0.4) is 0 Å². The van der Waals surface area contributed by atoms with Gasteiger partial charge in [0.05, 0.1) is 11.2 Å². The van der Waals surface area contributed by atoms with Crippen LogP contribution >= 0.6 is 0 Å². The maximum Gasteiger partial charge on any atom is 0.240 e. The van der Waals surface area contributed by atoms with E-state index in [0.29, 0.717) is 17.7 Å². The summed E-state index contributed by atoms with van der Waals surface area (Å²) in [6, 6.07) is 8.35. The van der Waals surface area contributed by atoms with E-state index in [-0.39, 0.29) is 17.2 Å². The second-order valence-electron chi connectivity index (χ2n) is 4.82. The van der Waals surface area contributed by atoms with Crippen molar-refractivity contribution in [1.29, 1.82) is 0 Å². The number of benzene rings is 1. The van der Waals surface area contributed by atoms with E-state index in [0.717, 1.165) is 5.76 Å². The molecule has 0 spiro atoms. The van der Waals surface area contributed by atoms with Gasteiger partial charge in [-0.1, -0.05) is 6.07 Å². The van der Waals surface area contributed by atoms with Gasteiger partial charge in [0.15, 0.2) is 0 Å². The largest absolute Gasteiger partial charge is 0.469 e. The lowest BCUT2D eigenvalue weighted by atomic mass is 10.2. The molecular formula is C15H18N2O4S. The Morgan fingerprint density at radius 1 is 1.27 bits per heavy atom. The molecule has 2 rings (SSSR count). The van der Waals surface area contributed by atoms with Crippen LogP contribution < -0.4 is 10.0 Å². The number of furan rings is 1. The van der Waals surface area contributed by atoms with Gasteiger partial charge in [-0.15, -0.1) is 0 Å². The van der Waals surface area contributed by atoms with Gasteiger partial charge in [-0.2, -0.15) is 0 Å². The fraction of sp³-hybridized carbons (Fsp3) is 0.267. The minimum absolute atomic E-state index is 0.152. The number of carbonyl (C=O) groups is 1. The number of rotatable bonds is 6. The van der Waals surface area contributed by atoms with Crippen molar-refractivity contribution in [1.82, 2.24) is 4.72 Å². The topological polar surface area (TPSA) is 88.4 Å². The number of aryl methyl sites for hydroxylation is 2. The van der Waals surface area contributed by atoms with Crippen molar-refractivity contribution in [2.24, 2.45) is 0 Å². The van der Waals surface area contributed by atoms with E-state index in [2.05, 4.69) is 10.0 Å². The first-order valence-electron chi connectivity index (χ1n) is 6.79. The summed E-state index contributed by atoms with van der Waals surface area (Å²) in [4.78, 5) is 12.1. The monoisotopic (exact) mass is 322 g/mol. The highest BCUT2D eigenvalue weighted by molar-refractivity contribution is 7.89. The summed E-state index contributed by atoms with van der Waals surface area (Å²) < 4.78 is 31.2. The molecule has 0 fully saturated rings. The maximum absolute atomic E-state index is 11.9. The van der Waals surface area contributed by atoms with Gasteiger partial charge in [0.2, 0.25) is 15.9 Å². The third kappa shape index (κ3) is 3.96. The van der Waals surface area contributed by atoms with Crippen molar-refractivity contribution in [3.8, 4) is 0 Å². The Balaban J connectivity index is 2.06. The smallest absolute Gasteiger partial charge is 0.240 e. The highest BCUT2D eigenvalue weighted by Crippen LogP contribution is 2.20. The molecule has 0 aliphatic rings. The molecule has 1 aromatic heterocycles. The zero-order valence-electron chi connectivity index (χ0n) is 12.4. The zero-order valence-corrected chi connectivity index (χ0v) is 13.2. The van der Waals surface area contributed by atoms with E-state index in [9.17, 15) is 13.2 Å². The molecule has 0 aliphatic heterocycles. The standard InChI is InChI=1S/C15H18N2O4S/c1-11-5-6-12(10-14(11)22(19,20)16-2)17-15(18)8-7-13-4-3-9-21-13/h3-6,9-10,16H,7-8H2,1-2H3,(H,17,18). The number of amides is 1. The Morgan fingerprint density at radius 2 is 2.05 bits per heavy atom. The highest BCUT2D eigenvalue weighted by atomic mass is 32.2. The second kappa shape index (κ2) is 6.76. The summed E-state index contributed by atoms with van der Waals surface area (Å²) >= 11 is 0. The first-order chi connectivity index (χ1) is 10.4. The Hall–Kier alpha value is -2.12. The lowest BCUT2D eigenvalue weighted by molar-refractivity contribution is -0.116. The molecular weight excluding hydrogens is 304 g/mol. The van der Waals surface area contributed by atoms with Crippen LogP contribution in [-0.2, 0) is 21.2 Å². The van der Waals surface area contributed by atoms with Crippen LogP contribution in [0.15, 0.2) is 45.9 Å². The lowest BCUT2D eigenvalue weighted by Gasteiger charge is -2.10. The van der Waals surface area contributed by atoms with Crippen molar-refractivity contribution >= 4 is 21.6 Å². The van der Waals surface area contributed by atoms with Gasteiger partial charge < -0.3 is 9.73 Å². The molecule has 0 saturated carbocycles. The van der Waals surface area contributed by atoms with Crippen LogP contribution in [0.1, 0.15) is 17.7 Å². The highest BCUT2D eigenvalue weighted by Gasteiger charge is 2.15. The quantitative estimate of drug-likeness (QED) is 0.852. The maximum atomic E-state index is 11.9. The summed E-state index contributed by atoms with van der Waals surface area (Å²) in [6.45, 7) is 1.70. The van der Waals surface area contributed by atoms with Crippen LogP contribution in [0.4, 0.5) is 5.69 Å². The first-order valence-corrected chi connectivity index (χ1v) is 8.27. The Labute approximate surface area is 129 Å². The number of anilines is 1. The van der Waals surface area contributed by atoms with Gasteiger partial charge in [0, 0.05) is 18.5 Å². The molecule has 0 aliphatic carbocycles. The lowest BCUT2D eigenvalue weighted by Crippen LogP contribution is -2.20. The minimum atomic E-state index is -3.55. The van der Waals surface area contributed by atoms with E-state index < -0.39 is 10.0 Å². The molecule has 1 aromatic carbocycles. The van der Waals surface area contributed by atoms with E-state index >= 15 is 0 Å². The average molecular weight is 322 g/mol. The molecule has 118 valence electrons. The molecule has 0 unspecified atom stereocenters. The SMILES string of the molecule is CNS(=O)(=O)c1cc(NC(=O)CCc2ccco2)ccc1C. The Bertz CT molecular complexity index is 752. The molecule has 6 nitrogen and oxygen atoms in total. The molecule has 2 aromatic rings. The average Bonchev–Trinajstić information content (AvgIpc) is 3.00. The number of hydrogen-bond acceptors (Lipinski definition) is 4. The van der Waals surface area contributed by atoms with Crippen molar-refractivity contribution < 1.29 is 17.6 Å². The number of hydrogen-bond donors (Lipinski definition) is 2. The van der Waals surface area contributed by atoms with Gasteiger partial charge in [-0.05, 0) is 43.8 Å². The predicted octanol–water partition coefficient (Wildman–Crippen LogP) is 2.07. The normalized spacial score (nSPS) is 11.4. The Kier molecular flexibility index (Phi) is 4.99. The van der Waals surface area contributed by atoms with Crippen LogP contribution in [0.2, 0.25) is 0 Å². The van der Waals surface area contributed by atoms with Gasteiger partial charge in [-0.25, -0.2) is 13.1 Å². The number of carbonyl (C=O) groups excluding carboxylic acids is 1. The van der Waals surface area contributed by atoms with Crippen molar-refractivity contribution in [2.45, 2.75) is 24.7 Å². The van der Waals surface area contributed by atoms with E-state index in [1.165, 1.54) is 13.1 Å². The molecule has 22 heavy (non-hydrogen) atoms. The number of sulfonamides is 1. The Morgan fingerprint density at radius 3 is 2.68 bits per heavy atom. The molecule has 1 amide bonds. The minimum Gasteiger partial charge on any atom is -0.469 e. The third-order valence-corrected chi connectivity index (χ3v) is 4.77. The van der Waals surface area contributed by atoms with Gasteiger partial charge in [-0.3, -0.25) is 4.79 Å². The van der Waals surface area contributed by atoms with E-state index in [1.54, 1.807) is 37.5 Å². The number of nitrogens with one attached hydrogen (secondary N) is 2. The second-order valence-corrected chi connectivity index (χ2v) is 6.67. The van der Waals surface area contributed by atoms with Gasteiger partial charge in [0.25, 0.3) is 0 Å². The predicted molar refractivity (Wildman–Crippen MR) is 83.1 cm³/mol. The first kappa shape index (κ1) is 16.3. The molecule has 1 heterocycles. The molecule has 0 atom stereocenters. The zero-order chi connectivity index (χ0) is 16.2. The summed E-state index contributed by atoms with van der Waals surface area (Å²) in [6.07, 6.45) is 2.31. The molecule has 0 bridgehead atoms. The van der Waals surface area contributed by atoms with E-state index in [1.807, 2.05) is 0 Å². The van der Waals surface area contributed by atoms with Gasteiger partial charge in [0.1, 0.15) is 5.76 Å². The summed E-state index contributed by atoms with van der Waals surface area (Å²) in [5, 5.41) is 2.70. The fourth-order valence-electron chi connectivity index (χ4n) is 1.99. The third-order valence-electron chi connectivity index (χ3n) is 3.21. The van der Waals surface area contributed by atoms with Crippen molar-refractivity contribution in [3.05, 3.63) is 47.9 Å². The van der Waals surface area contributed by atoms with Crippen molar-refractivity contribution in [3.63, 3.8) is 0 Å². The summed E-state index contributed by atoms with van der Waals surface area (Å²) in [5.41, 5.74) is 1.06.